The number of sulfonamides is 1. The van der Waals surface area contributed by atoms with Crippen molar-refractivity contribution in [3.05, 3.63) is 12.2 Å². The Morgan fingerprint density at radius 1 is 1.33 bits per heavy atom. The summed E-state index contributed by atoms with van der Waals surface area (Å²) >= 11 is 0. The summed E-state index contributed by atoms with van der Waals surface area (Å²) in [6, 6.07) is -1.49. The van der Waals surface area contributed by atoms with Crippen LogP contribution in [0, 0.1) is 5.92 Å². The van der Waals surface area contributed by atoms with Gasteiger partial charge in [0.2, 0.25) is 15.9 Å². The van der Waals surface area contributed by atoms with Crippen LogP contribution in [0.5, 0.6) is 0 Å². The molecule has 2 fully saturated rings. The molecule has 3 aliphatic rings. The van der Waals surface area contributed by atoms with E-state index in [9.17, 15) is 27.9 Å². The first-order valence-electron chi connectivity index (χ1n) is 10.4. The largest absolute Gasteiger partial charge is 0.396 e. The number of carbonyl (C=O) groups excluding carboxylic acids is 3. The van der Waals surface area contributed by atoms with Crippen LogP contribution in [0.15, 0.2) is 12.2 Å². The molecule has 3 atom stereocenters. The molecular formula is C19H30N4O6S. The maximum Gasteiger partial charge on any atom is 0.317 e. The standard InChI is InChI=1S/C19H30N4O6S/c1-23-10-5-3-2-4-6-13-12-19(13,17(26)22-30(28,29)14-7-8-14)21-16(25)15(9-11-24)20-18(23)27/h4,6,13-15,24H,2-3,5,7-12H2,1H3,(H,20,27)(H,21,25)(H,22,26)/b6-4-. The number of carbonyl (C=O) groups is 3. The number of aliphatic hydroxyl groups is 1. The van der Waals surface area contributed by atoms with Gasteiger partial charge in [0.1, 0.15) is 11.6 Å². The molecule has 3 unspecified atom stereocenters. The first-order chi connectivity index (χ1) is 14.2. The van der Waals surface area contributed by atoms with E-state index in [0.29, 0.717) is 19.4 Å². The van der Waals surface area contributed by atoms with Crippen molar-refractivity contribution in [2.24, 2.45) is 5.92 Å². The van der Waals surface area contributed by atoms with E-state index in [1.54, 1.807) is 7.05 Å². The smallest absolute Gasteiger partial charge is 0.317 e. The lowest BCUT2D eigenvalue weighted by Crippen LogP contribution is -2.58. The molecule has 0 aromatic rings. The molecule has 0 spiro atoms. The second kappa shape index (κ2) is 8.93. The summed E-state index contributed by atoms with van der Waals surface area (Å²) in [5.41, 5.74) is -1.37. The summed E-state index contributed by atoms with van der Waals surface area (Å²) < 4.78 is 26.6. The van der Waals surface area contributed by atoms with Crippen molar-refractivity contribution >= 4 is 27.9 Å². The number of fused-ring (bicyclic) bond motifs is 1. The van der Waals surface area contributed by atoms with Gasteiger partial charge >= 0.3 is 6.03 Å². The number of hydrogen-bond donors (Lipinski definition) is 4. The number of nitrogens with zero attached hydrogens (tertiary/aromatic N) is 1. The van der Waals surface area contributed by atoms with Gasteiger partial charge in [0.25, 0.3) is 5.91 Å². The summed E-state index contributed by atoms with van der Waals surface area (Å²) in [4.78, 5) is 39.6. The maximum atomic E-state index is 12.9. The summed E-state index contributed by atoms with van der Waals surface area (Å²) in [5, 5.41) is 14.0. The second-order valence-corrected chi connectivity index (χ2v) is 10.3. The molecule has 168 valence electrons. The van der Waals surface area contributed by atoms with E-state index in [-0.39, 0.29) is 25.4 Å². The van der Waals surface area contributed by atoms with Crippen molar-refractivity contribution in [3.8, 4) is 0 Å². The Morgan fingerprint density at radius 2 is 2.07 bits per heavy atom. The molecule has 4 amide bonds. The molecule has 30 heavy (non-hydrogen) atoms. The van der Waals surface area contributed by atoms with Gasteiger partial charge in [-0.15, -0.1) is 0 Å². The van der Waals surface area contributed by atoms with Gasteiger partial charge in [-0.3, -0.25) is 14.3 Å². The predicted octanol–water partition coefficient (Wildman–Crippen LogP) is -0.398. The molecule has 1 heterocycles. The third-order valence-corrected chi connectivity index (χ3v) is 7.64. The van der Waals surface area contributed by atoms with E-state index in [2.05, 4.69) is 15.4 Å². The van der Waals surface area contributed by atoms with E-state index in [1.807, 2.05) is 12.2 Å². The number of aliphatic hydroxyl groups excluding tert-OH is 1. The zero-order chi connectivity index (χ0) is 21.9. The van der Waals surface area contributed by atoms with Gasteiger partial charge in [0, 0.05) is 26.1 Å². The Labute approximate surface area is 176 Å². The topological polar surface area (TPSA) is 145 Å². The number of amides is 4. The minimum atomic E-state index is -3.76. The highest BCUT2D eigenvalue weighted by atomic mass is 32.2. The highest BCUT2D eigenvalue weighted by molar-refractivity contribution is 7.91. The summed E-state index contributed by atoms with van der Waals surface area (Å²) in [5.74, 6) is -1.71. The van der Waals surface area contributed by atoms with Crippen molar-refractivity contribution in [1.29, 1.82) is 0 Å². The number of rotatable bonds is 5. The number of allylic oxidation sites excluding steroid dienone is 1. The number of hydrogen-bond acceptors (Lipinski definition) is 6. The van der Waals surface area contributed by atoms with Crippen molar-refractivity contribution < 1.29 is 27.9 Å². The van der Waals surface area contributed by atoms with Crippen LogP contribution in [0.25, 0.3) is 0 Å². The molecule has 0 radical (unpaired) electrons. The Hall–Kier alpha value is -2.14. The molecule has 2 saturated carbocycles. The van der Waals surface area contributed by atoms with Crippen molar-refractivity contribution in [2.45, 2.75) is 61.8 Å². The fourth-order valence-corrected chi connectivity index (χ4v) is 4.96. The number of urea groups is 1. The van der Waals surface area contributed by atoms with Gasteiger partial charge in [-0.25, -0.2) is 13.2 Å². The van der Waals surface area contributed by atoms with Crippen LogP contribution in [0.3, 0.4) is 0 Å². The van der Waals surface area contributed by atoms with E-state index in [0.717, 1.165) is 19.3 Å². The van der Waals surface area contributed by atoms with Gasteiger partial charge in [0.15, 0.2) is 0 Å². The molecule has 1 aliphatic heterocycles. The van der Waals surface area contributed by atoms with Gasteiger partial charge in [-0.05, 0) is 44.9 Å². The highest BCUT2D eigenvalue weighted by Gasteiger charge is 2.61. The molecule has 3 rings (SSSR count). The van der Waals surface area contributed by atoms with Gasteiger partial charge in [0.05, 0.1) is 5.25 Å². The minimum Gasteiger partial charge on any atom is -0.396 e. The third kappa shape index (κ3) is 5.12. The monoisotopic (exact) mass is 442 g/mol. The Balaban J connectivity index is 1.81. The van der Waals surface area contributed by atoms with E-state index in [1.165, 1.54) is 4.90 Å². The SMILES string of the molecule is CN1CCCC/C=C\C2CC2(C(=O)NS(=O)(=O)C2CC2)NC(=O)C(CCO)NC1=O. The zero-order valence-electron chi connectivity index (χ0n) is 17.1. The Bertz CT molecular complexity index is 825. The fourth-order valence-electron chi connectivity index (χ4n) is 3.60. The lowest BCUT2D eigenvalue weighted by Gasteiger charge is -2.25. The molecule has 0 bridgehead atoms. The summed E-state index contributed by atoms with van der Waals surface area (Å²) in [7, 11) is -2.13. The molecule has 2 aliphatic carbocycles. The Kier molecular flexibility index (Phi) is 6.71. The van der Waals surface area contributed by atoms with Crippen LogP contribution in [0.4, 0.5) is 4.79 Å². The highest BCUT2D eigenvalue weighted by Crippen LogP contribution is 2.45. The van der Waals surface area contributed by atoms with Gasteiger partial charge < -0.3 is 20.6 Å². The van der Waals surface area contributed by atoms with Gasteiger partial charge in [-0.1, -0.05) is 12.2 Å². The normalized spacial score (nSPS) is 31.6. The van der Waals surface area contributed by atoms with Gasteiger partial charge in [-0.2, -0.15) is 0 Å². The van der Waals surface area contributed by atoms with Crippen LogP contribution >= 0.6 is 0 Å². The average molecular weight is 443 g/mol. The molecule has 4 N–H and O–H groups in total. The van der Waals surface area contributed by atoms with Crippen LogP contribution < -0.4 is 15.4 Å². The minimum absolute atomic E-state index is 0.0238. The van der Waals surface area contributed by atoms with E-state index >= 15 is 0 Å². The lowest BCUT2D eigenvalue weighted by atomic mass is 10.1. The third-order valence-electron chi connectivity index (χ3n) is 5.83. The van der Waals surface area contributed by atoms with Crippen LogP contribution in [-0.4, -0.2) is 73.3 Å². The van der Waals surface area contributed by atoms with Crippen LogP contribution in [0.2, 0.25) is 0 Å². The van der Waals surface area contributed by atoms with Crippen LogP contribution in [-0.2, 0) is 19.6 Å². The zero-order valence-corrected chi connectivity index (χ0v) is 17.9. The van der Waals surface area contributed by atoms with E-state index < -0.39 is 44.7 Å². The molecule has 10 nitrogen and oxygen atoms in total. The van der Waals surface area contributed by atoms with Crippen LogP contribution in [0.1, 0.15) is 44.9 Å². The molecule has 0 aromatic heterocycles. The van der Waals surface area contributed by atoms with Crippen molar-refractivity contribution in [2.75, 3.05) is 20.2 Å². The van der Waals surface area contributed by atoms with Crippen molar-refractivity contribution in [3.63, 3.8) is 0 Å². The first kappa shape index (κ1) is 22.5. The number of nitrogens with one attached hydrogen (secondary N) is 3. The van der Waals surface area contributed by atoms with Crippen molar-refractivity contribution in [1.82, 2.24) is 20.3 Å². The lowest BCUT2D eigenvalue weighted by molar-refractivity contribution is -0.130. The molecule has 0 aromatic carbocycles. The molecular weight excluding hydrogens is 412 g/mol. The predicted molar refractivity (Wildman–Crippen MR) is 109 cm³/mol. The Morgan fingerprint density at radius 3 is 2.73 bits per heavy atom. The molecule has 11 heteroatoms. The molecule has 0 saturated heterocycles. The second-order valence-electron chi connectivity index (χ2n) is 8.31. The fraction of sp³-hybridized carbons (Fsp3) is 0.737. The summed E-state index contributed by atoms with van der Waals surface area (Å²) in [6.07, 6.45) is 7.45. The average Bonchev–Trinajstić information content (AvgIpc) is 3.58. The first-order valence-corrected chi connectivity index (χ1v) is 11.9. The summed E-state index contributed by atoms with van der Waals surface area (Å²) in [6.45, 7) is 0.197. The quantitative estimate of drug-likeness (QED) is 0.427. The maximum absolute atomic E-state index is 12.9. The van der Waals surface area contributed by atoms with E-state index in [4.69, 9.17) is 0 Å².